The monoisotopic (exact) mass is 180 g/mol. The molecule has 4 heteroatoms. The number of rotatable bonds is 3. The molecular weight excluding hydrogens is 168 g/mol. The van der Waals surface area contributed by atoms with Crippen molar-refractivity contribution in [3.8, 4) is 0 Å². The first kappa shape index (κ1) is 9.51. The first-order chi connectivity index (χ1) is 6.24. The van der Waals surface area contributed by atoms with Gasteiger partial charge in [0.15, 0.2) is 0 Å². The Morgan fingerprint density at radius 1 is 1.69 bits per heavy atom. The molecule has 0 amide bonds. The molecule has 0 unspecified atom stereocenters. The van der Waals surface area contributed by atoms with Crippen molar-refractivity contribution < 1.29 is 9.53 Å². The molecule has 1 rings (SSSR count). The lowest BCUT2D eigenvalue weighted by Crippen LogP contribution is -2.03. The van der Waals surface area contributed by atoms with Crippen LogP contribution >= 0.6 is 0 Å². The van der Waals surface area contributed by atoms with Crippen molar-refractivity contribution in [2.75, 3.05) is 12.8 Å². The average Bonchev–Trinajstić information content (AvgIpc) is 2.16. The Labute approximate surface area is 76.7 Å². The highest BCUT2D eigenvalue weighted by Gasteiger charge is 2.03. The number of aryl methyl sites for hydroxylation is 1. The van der Waals surface area contributed by atoms with Crippen LogP contribution in [0.3, 0.4) is 0 Å². The van der Waals surface area contributed by atoms with E-state index in [1.165, 1.54) is 7.11 Å². The quantitative estimate of drug-likeness (QED) is 0.698. The Kier molecular flexibility index (Phi) is 3.25. The molecule has 1 aromatic heterocycles. The Bertz CT molecular complexity index is 299. The number of ether oxygens (including phenoxy) is 1. The van der Waals surface area contributed by atoms with Crippen molar-refractivity contribution in [1.29, 1.82) is 0 Å². The van der Waals surface area contributed by atoms with Crippen LogP contribution in [0.2, 0.25) is 0 Å². The topological polar surface area (TPSA) is 65.2 Å². The van der Waals surface area contributed by atoms with Gasteiger partial charge in [-0.2, -0.15) is 0 Å². The maximum atomic E-state index is 10.8. The zero-order valence-corrected chi connectivity index (χ0v) is 7.49. The summed E-state index contributed by atoms with van der Waals surface area (Å²) in [4.78, 5) is 14.7. The molecule has 0 aliphatic rings. The van der Waals surface area contributed by atoms with Gasteiger partial charge in [0.2, 0.25) is 0 Å². The number of esters is 1. The maximum absolute atomic E-state index is 10.8. The molecule has 0 spiro atoms. The lowest BCUT2D eigenvalue weighted by atomic mass is 10.1. The molecule has 0 radical (unpaired) electrons. The molecule has 0 fully saturated rings. The minimum Gasteiger partial charge on any atom is -0.469 e. The standard InChI is InChI=1S/C9H12N2O2/c1-13-9(12)3-2-7-4-5-11-6-8(7)10/h4-6H,2-3,10H2,1H3. The molecule has 1 aromatic rings. The fourth-order valence-corrected chi connectivity index (χ4v) is 1.00. The molecule has 0 aromatic carbocycles. The molecule has 0 aliphatic heterocycles. The molecule has 70 valence electrons. The van der Waals surface area contributed by atoms with Crippen molar-refractivity contribution in [3.05, 3.63) is 24.0 Å². The number of nitrogen functional groups attached to an aromatic ring is 1. The van der Waals surface area contributed by atoms with Gasteiger partial charge in [-0.3, -0.25) is 9.78 Å². The van der Waals surface area contributed by atoms with Gasteiger partial charge in [0.05, 0.1) is 19.0 Å². The highest BCUT2D eigenvalue weighted by Crippen LogP contribution is 2.10. The normalized spacial score (nSPS) is 9.62. The minimum absolute atomic E-state index is 0.226. The van der Waals surface area contributed by atoms with Gasteiger partial charge < -0.3 is 10.5 Å². The molecule has 0 saturated heterocycles. The number of nitrogens with two attached hydrogens (primary N) is 1. The van der Waals surface area contributed by atoms with E-state index in [0.29, 0.717) is 18.5 Å². The number of hydrogen-bond donors (Lipinski definition) is 1. The summed E-state index contributed by atoms with van der Waals surface area (Å²) in [5, 5.41) is 0. The SMILES string of the molecule is COC(=O)CCc1ccncc1N. The molecular formula is C9H12N2O2. The largest absolute Gasteiger partial charge is 0.469 e. The second-order valence-electron chi connectivity index (χ2n) is 2.65. The summed E-state index contributed by atoms with van der Waals surface area (Å²) in [6, 6.07) is 1.80. The Morgan fingerprint density at radius 2 is 2.46 bits per heavy atom. The zero-order chi connectivity index (χ0) is 9.68. The van der Waals surface area contributed by atoms with Crippen LogP contribution in [-0.2, 0) is 16.0 Å². The summed E-state index contributed by atoms with van der Waals surface area (Å²) < 4.78 is 4.52. The van der Waals surface area contributed by atoms with Crippen LogP contribution in [0.25, 0.3) is 0 Å². The van der Waals surface area contributed by atoms with Crippen LogP contribution in [0.4, 0.5) is 5.69 Å². The molecule has 0 aliphatic carbocycles. The Balaban J connectivity index is 2.54. The fraction of sp³-hybridized carbons (Fsp3) is 0.333. The summed E-state index contributed by atoms with van der Waals surface area (Å²) in [7, 11) is 1.37. The van der Waals surface area contributed by atoms with Crippen LogP contribution in [0, 0.1) is 0 Å². The van der Waals surface area contributed by atoms with Gasteiger partial charge in [-0.05, 0) is 18.1 Å². The Hall–Kier alpha value is -1.58. The predicted molar refractivity (Wildman–Crippen MR) is 49.0 cm³/mol. The average molecular weight is 180 g/mol. The number of aromatic nitrogens is 1. The molecule has 4 nitrogen and oxygen atoms in total. The third-order valence-electron chi connectivity index (χ3n) is 1.77. The molecule has 13 heavy (non-hydrogen) atoms. The van der Waals surface area contributed by atoms with Gasteiger partial charge in [-0.25, -0.2) is 0 Å². The predicted octanol–water partition coefficient (Wildman–Crippen LogP) is 0.769. The van der Waals surface area contributed by atoms with E-state index < -0.39 is 0 Å². The van der Waals surface area contributed by atoms with E-state index in [9.17, 15) is 4.79 Å². The van der Waals surface area contributed by atoms with Gasteiger partial charge in [-0.1, -0.05) is 0 Å². The van der Waals surface area contributed by atoms with Crippen molar-refractivity contribution in [2.24, 2.45) is 0 Å². The van der Waals surface area contributed by atoms with E-state index in [0.717, 1.165) is 5.56 Å². The molecule has 0 bridgehead atoms. The third kappa shape index (κ3) is 2.74. The van der Waals surface area contributed by atoms with Gasteiger partial charge in [0, 0.05) is 12.6 Å². The number of hydrogen-bond acceptors (Lipinski definition) is 4. The van der Waals surface area contributed by atoms with Crippen molar-refractivity contribution >= 4 is 11.7 Å². The summed E-state index contributed by atoms with van der Waals surface area (Å²) in [5.74, 6) is -0.226. The fourth-order valence-electron chi connectivity index (χ4n) is 1.00. The number of carbonyl (C=O) groups is 1. The van der Waals surface area contributed by atoms with Gasteiger partial charge in [0.25, 0.3) is 0 Å². The van der Waals surface area contributed by atoms with E-state index >= 15 is 0 Å². The summed E-state index contributed by atoms with van der Waals surface area (Å²) in [6.45, 7) is 0. The lowest BCUT2D eigenvalue weighted by Gasteiger charge is -2.02. The number of pyridine rings is 1. The van der Waals surface area contributed by atoms with E-state index in [1.807, 2.05) is 0 Å². The van der Waals surface area contributed by atoms with E-state index in [2.05, 4.69) is 9.72 Å². The van der Waals surface area contributed by atoms with Crippen molar-refractivity contribution in [1.82, 2.24) is 4.98 Å². The van der Waals surface area contributed by atoms with Crippen molar-refractivity contribution in [2.45, 2.75) is 12.8 Å². The summed E-state index contributed by atoms with van der Waals surface area (Å²) >= 11 is 0. The second-order valence-corrected chi connectivity index (χ2v) is 2.65. The number of nitrogens with zero attached hydrogens (tertiary/aromatic N) is 1. The van der Waals surface area contributed by atoms with Crippen LogP contribution in [0.1, 0.15) is 12.0 Å². The van der Waals surface area contributed by atoms with Crippen molar-refractivity contribution in [3.63, 3.8) is 0 Å². The van der Waals surface area contributed by atoms with E-state index in [1.54, 1.807) is 18.5 Å². The number of carbonyl (C=O) groups excluding carboxylic acids is 1. The highest BCUT2D eigenvalue weighted by molar-refractivity contribution is 5.69. The number of methoxy groups -OCH3 is 1. The Morgan fingerprint density at radius 3 is 3.08 bits per heavy atom. The smallest absolute Gasteiger partial charge is 0.305 e. The first-order valence-electron chi connectivity index (χ1n) is 3.99. The molecule has 0 atom stereocenters. The summed E-state index contributed by atoms with van der Waals surface area (Å²) in [6.07, 6.45) is 4.18. The van der Waals surface area contributed by atoms with E-state index in [4.69, 9.17) is 5.73 Å². The van der Waals surface area contributed by atoms with Gasteiger partial charge in [0.1, 0.15) is 0 Å². The first-order valence-corrected chi connectivity index (χ1v) is 3.99. The zero-order valence-electron chi connectivity index (χ0n) is 7.49. The lowest BCUT2D eigenvalue weighted by molar-refractivity contribution is -0.140. The highest BCUT2D eigenvalue weighted by atomic mass is 16.5. The maximum Gasteiger partial charge on any atom is 0.305 e. The van der Waals surface area contributed by atoms with E-state index in [-0.39, 0.29) is 5.97 Å². The minimum atomic E-state index is -0.226. The van der Waals surface area contributed by atoms with Gasteiger partial charge >= 0.3 is 5.97 Å². The van der Waals surface area contributed by atoms with Crippen LogP contribution in [0.15, 0.2) is 18.5 Å². The van der Waals surface area contributed by atoms with Crippen LogP contribution in [-0.4, -0.2) is 18.1 Å². The second kappa shape index (κ2) is 4.45. The number of anilines is 1. The molecule has 2 N–H and O–H groups in total. The third-order valence-corrected chi connectivity index (χ3v) is 1.77. The van der Waals surface area contributed by atoms with Crippen LogP contribution in [0.5, 0.6) is 0 Å². The van der Waals surface area contributed by atoms with Gasteiger partial charge in [-0.15, -0.1) is 0 Å². The molecule has 0 saturated carbocycles. The molecule has 1 heterocycles. The van der Waals surface area contributed by atoms with Crippen LogP contribution < -0.4 is 5.73 Å². The summed E-state index contributed by atoms with van der Waals surface area (Å²) in [5.41, 5.74) is 7.18.